The van der Waals surface area contributed by atoms with Crippen molar-refractivity contribution >= 4 is 0 Å². The van der Waals surface area contributed by atoms with Crippen LogP contribution < -0.4 is 5.73 Å². The van der Waals surface area contributed by atoms with Crippen molar-refractivity contribution in [2.45, 2.75) is 24.9 Å². The van der Waals surface area contributed by atoms with E-state index < -0.39 is 5.60 Å². The summed E-state index contributed by atoms with van der Waals surface area (Å²) in [7, 11) is 0. The third-order valence-corrected chi connectivity index (χ3v) is 2.75. The molecule has 0 aliphatic heterocycles. The third-order valence-electron chi connectivity index (χ3n) is 2.75. The van der Waals surface area contributed by atoms with Gasteiger partial charge < -0.3 is 15.3 Å². The first-order valence-corrected chi connectivity index (χ1v) is 4.69. The van der Waals surface area contributed by atoms with E-state index in [9.17, 15) is 5.11 Å². The molecule has 1 aromatic rings. The summed E-state index contributed by atoms with van der Waals surface area (Å²) in [6.45, 7) is 0.318. The summed E-state index contributed by atoms with van der Waals surface area (Å²) in [6, 6.07) is 3.71. The zero-order valence-corrected chi connectivity index (χ0v) is 7.57. The lowest BCUT2D eigenvalue weighted by atomic mass is 9.93. The van der Waals surface area contributed by atoms with Crippen molar-refractivity contribution in [1.29, 1.82) is 0 Å². The Bertz CT molecular complexity index is 266. The van der Waals surface area contributed by atoms with Gasteiger partial charge in [0, 0.05) is 13.0 Å². The van der Waals surface area contributed by atoms with Crippen LogP contribution in [-0.4, -0.2) is 17.3 Å². The van der Waals surface area contributed by atoms with Crippen molar-refractivity contribution in [3.63, 3.8) is 0 Å². The van der Waals surface area contributed by atoms with Gasteiger partial charge in [-0.1, -0.05) is 0 Å². The molecule has 1 aliphatic rings. The van der Waals surface area contributed by atoms with Crippen LogP contribution in [0.1, 0.15) is 18.6 Å². The summed E-state index contributed by atoms with van der Waals surface area (Å²) in [5, 5.41) is 10.1. The van der Waals surface area contributed by atoms with Crippen LogP contribution in [0.4, 0.5) is 0 Å². The van der Waals surface area contributed by atoms with Crippen LogP contribution in [0.5, 0.6) is 0 Å². The summed E-state index contributed by atoms with van der Waals surface area (Å²) >= 11 is 0. The van der Waals surface area contributed by atoms with Crippen molar-refractivity contribution in [3.05, 3.63) is 24.2 Å². The molecule has 0 bridgehead atoms. The van der Waals surface area contributed by atoms with E-state index in [0.29, 0.717) is 18.9 Å². The van der Waals surface area contributed by atoms with Crippen molar-refractivity contribution in [3.8, 4) is 0 Å². The van der Waals surface area contributed by atoms with Gasteiger partial charge in [-0.05, 0) is 30.9 Å². The van der Waals surface area contributed by atoms with Gasteiger partial charge in [0.25, 0.3) is 0 Å². The molecule has 1 fully saturated rings. The zero-order valence-electron chi connectivity index (χ0n) is 7.57. The molecule has 1 saturated carbocycles. The standard InChI is InChI=1S/C10H15NO2/c11-7-10(12,8-3-4-8)6-9-2-1-5-13-9/h1-2,5,8,12H,3-4,6-7,11H2. The summed E-state index contributed by atoms with van der Waals surface area (Å²) in [5.74, 6) is 1.20. The van der Waals surface area contributed by atoms with E-state index in [2.05, 4.69) is 0 Å². The molecule has 0 radical (unpaired) electrons. The summed E-state index contributed by atoms with van der Waals surface area (Å²) in [5.41, 5.74) is 4.83. The highest BCUT2D eigenvalue weighted by Crippen LogP contribution is 2.40. The minimum absolute atomic E-state index is 0.318. The van der Waals surface area contributed by atoms with E-state index in [1.165, 1.54) is 0 Å². The molecular weight excluding hydrogens is 166 g/mol. The second kappa shape index (κ2) is 3.16. The Hall–Kier alpha value is -0.800. The van der Waals surface area contributed by atoms with Gasteiger partial charge in [-0.2, -0.15) is 0 Å². The van der Waals surface area contributed by atoms with Gasteiger partial charge in [-0.25, -0.2) is 0 Å². The maximum Gasteiger partial charge on any atom is 0.106 e. The molecule has 0 amide bonds. The molecule has 1 aromatic heterocycles. The number of rotatable bonds is 4. The first-order chi connectivity index (χ1) is 6.24. The number of furan rings is 1. The van der Waals surface area contributed by atoms with E-state index >= 15 is 0 Å². The van der Waals surface area contributed by atoms with Gasteiger partial charge in [0.1, 0.15) is 5.76 Å². The van der Waals surface area contributed by atoms with Gasteiger partial charge in [-0.3, -0.25) is 0 Å². The van der Waals surface area contributed by atoms with Crippen LogP contribution in [0.2, 0.25) is 0 Å². The Morgan fingerprint density at radius 3 is 2.85 bits per heavy atom. The lowest BCUT2D eigenvalue weighted by molar-refractivity contribution is 0.0220. The smallest absolute Gasteiger partial charge is 0.106 e. The second-order valence-corrected chi connectivity index (χ2v) is 3.84. The van der Waals surface area contributed by atoms with E-state index in [1.54, 1.807) is 6.26 Å². The maximum absolute atomic E-state index is 10.1. The summed E-state index contributed by atoms with van der Waals surface area (Å²) < 4.78 is 5.19. The van der Waals surface area contributed by atoms with Crippen LogP contribution in [0.15, 0.2) is 22.8 Å². The average Bonchev–Trinajstić information content (AvgIpc) is 2.88. The predicted molar refractivity (Wildman–Crippen MR) is 49.1 cm³/mol. The van der Waals surface area contributed by atoms with E-state index in [1.807, 2.05) is 12.1 Å². The van der Waals surface area contributed by atoms with Gasteiger partial charge >= 0.3 is 0 Å². The van der Waals surface area contributed by atoms with Crippen LogP contribution >= 0.6 is 0 Å². The summed E-state index contributed by atoms with van der Waals surface area (Å²) in [4.78, 5) is 0. The van der Waals surface area contributed by atoms with Crippen LogP contribution in [-0.2, 0) is 6.42 Å². The van der Waals surface area contributed by atoms with E-state index in [0.717, 1.165) is 18.6 Å². The lowest BCUT2D eigenvalue weighted by Gasteiger charge is -2.25. The predicted octanol–water partition coefficient (Wildman–Crippen LogP) is 0.922. The van der Waals surface area contributed by atoms with Gasteiger partial charge in [0.15, 0.2) is 0 Å². The Labute approximate surface area is 77.5 Å². The Morgan fingerprint density at radius 2 is 2.38 bits per heavy atom. The topological polar surface area (TPSA) is 59.4 Å². The molecule has 1 atom stereocenters. The van der Waals surface area contributed by atoms with Crippen molar-refractivity contribution in [2.24, 2.45) is 11.7 Å². The van der Waals surface area contributed by atoms with Crippen LogP contribution in [0.25, 0.3) is 0 Å². The fourth-order valence-corrected chi connectivity index (χ4v) is 1.72. The highest BCUT2D eigenvalue weighted by atomic mass is 16.3. The molecule has 1 unspecified atom stereocenters. The molecule has 1 heterocycles. The fourth-order valence-electron chi connectivity index (χ4n) is 1.72. The SMILES string of the molecule is NCC(O)(Cc1ccco1)C1CC1. The van der Waals surface area contributed by atoms with Gasteiger partial charge in [0.2, 0.25) is 0 Å². The molecule has 0 saturated heterocycles. The van der Waals surface area contributed by atoms with Crippen molar-refractivity contribution < 1.29 is 9.52 Å². The number of nitrogens with two attached hydrogens (primary N) is 1. The minimum Gasteiger partial charge on any atom is -0.469 e. The third kappa shape index (κ3) is 1.76. The molecule has 3 heteroatoms. The molecule has 3 nitrogen and oxygen atoms in total. The summed E-state index contributed by atoms with van der Waals surface area (Å²) in [6.07, 6.45) is 4.35. The first-order valence-electron chi connectivity index (χ1n) is 4.69. The Morgan fingerprint density at radius 1 is 1.62 bits per heavy atom. The molecular formula is C10H15NO2. The quantitative estimate of drug-likeness (QED) is 0.726. The van der Waals surface area contributed by atoms with Crippen molar-refractivity contribution in [1.82, 2.24) is 0 Å². The van der Waals surface area contributed by atoms with E-state index in [4.69, 9.17) is 10.2 Å². The largest absolute Gasteiger partial charge is 0.469 e. The molecule has 1 aliphatic carbocycles. The lowest BCUT2D eigenvalue weighted by Crippen LogP contribution is -2.42. The first kappa shape index (κ1) is 8.78. The highest BCUT2D eigenvalue weighted by Gasteiger charge is 2.43. The second-order valence-electron chi connectivity index (χ2n) is 3.84. The minimum atomic E-state index is -0.738. The molecule has 3 N–H and O–H groups in total. The molecule has 2 rings (SSSR count). The van der Waals surface area contributed by atoms with Crippen molar-refractivity contribution in [2.75, 3.05) is 6.54 Å². The number of hydrogen-bond donors (Lipinski definition) is 2. The van der Waals surface area contributed by atoms with E-state index in [-0.39, 0.29) is 0 Å². The average molecular weight is 181 g/mol. The molecule has 72 valence electrons. The highest BCUT2D eigenvalue weighted by molar-refractivity contribution is 5.07. The zero-order chi connectivity index (χ0) is 9.31. The fraction of sp³-hybridized carbons (Fsp3) is 0.600. The monoisotopic (exact) mass is 181 g/mol. The molecule has 13 heavy (non-hydrogen) atoms. The molecule has 0 spiro atoms. The molecule has 0 aromatic carbocycles. The number of hydrogen-bond acceptors (Lipinski definition) is 3. The Balaban J connectivity index is 2.05. The normalized spacial score (nSPS) is 21.4. The van der Waals surface area contributed by atoms with Gasteiger partial charge in [-0.15, -0.1) is 0 Å². The van der Waals surface area contributed by atoms with Gasteiger partial charge in [0.05, 0.1) is 11.9 Å². The maximum atomic E-state index is 10.1. The number of aliphatic hydroxyl groups is 1. The van der Waals surface area contributed by atoms with Crippen LogP contribution in [0, 0.1) is 5.92 Å². The Kier molecular flexibility index (Phi) is 2.14. The van der Waals surface area contributed by atoms with Crippen LogP contribution in [0.3, 0.4) is 0 Å².